The molecule has 1 aliphatic heterocycles. The van der Waals surface area contributed by atoms with E-state index in [4.69, 9.17) is 32.1 Å². The lowest BCUT2D eigenvalue weighted by Gasteiger charge is -2.22. The van der Waals surface area contributed by atoms with Crippen LogP contribution >= 0.6 is 15.6 Å². The van der Waals surface area contributed by atoms with Crippen LogP contribution in [-0.4, -0.2) is 39.1 Å². The van der Waals surface area contributed by atoms with E-state index < -0.39 is 81.8 Å². The number of carbonyl (C=O) groups is 2. The molecule has 4 rings (SSSR count). The molecular formula is C34H45N3O14P2. The van der Waals surface area contributed by atoms with Crippen molar-refractivity contribution in [3.8, 4) is 11.5 Å². The summed E-state index contributed by atoms with van der Waals surface area (Å²) < 4.78 is 65.4. The fourth-order valence-electron chi connectivity index (χ4n) is 4.05. The van der Waals surface area contributed by atoms with Crippen LogP contribution in [0.1, 0.15) is 64.5 Å². The van der Waals surface area contributed by atoms with Gasteiger partial charge in [0.25, 0.3) is 5.56 Å². The third kappa shape index (κ3) is 12.8. The summed E-state index contributed by atoms with van der Waals surface area (Å²) >= 11 is 0. The summed E-state index contributed by atoms with van der Waals surface area (Å²) in [5.74, 6) is -0.377. The second-order valence-corrected chi connectivity index (χ2v) is 17.1. The molecule has 1 aliphatic rings. The molecular weight excluding hydrogens is 736 g/mol. The van der Waals surface area contributed by atoms with Crippen LogP contribution in [0, 0.1) is 17.8 Å². The molecule has 0 spiro atoms. The van der Waals surface area contributed by atoms with Crippen molar-refractivity contribution in [2.45, 2.75) is 74.0 Å². The Bertz CT molecular complexity index is 1920. The highest BCUT2D eigenvalue weighted by Gasteiger charge is 2.39. The number of nitrogens with zero attached hydrogens (tertiary/aromatic N) is 1. The standard InChI is InChI=1S/C34H42N2O14P2.H3N/c1-22-18-36(32(40)35-29(22)37)28-17-16-27(47-28)21-44-51(41,42)50-52(43,45-19-23-8-12-25(13-9-23)48-30(38)33(2,3)4)46-20-24-10-14-26(15-11-24)49-31(39)34(5,6)7;/h8-18,27-28H,19-21H2,1-7H3,(H,41,42)(H,35,37,40);1H3/t27-,28+;/m0./s1. The second kappa shape index (κ2) is 17.4. The zero-order valence-corrected chi connectivity index (χ0v) is 32.2. The number of phosphoric acid groups is 2. The number of aromatic amines is 1. The Labute approximate surface area is 306 Å². The zero-order chi connectivity index (χ0) is 38.5. The minimum Gasteiger partial charge on any atom is -0.426 e. The molecule has 1 unspecified atom stereocenters. The fourth-order valence-corrected chi connectivity index (χ4v) is 6.65. The summed E-state index contributed by atoms with van der Waals surface area (Å²) in [5, 5.41) is 0. The molecule has 2 aromatic carbocycles. The summed E-state index contributed by atoms with van der Waals surface area (Å²) in [7, 11) is -10.0. The maximum absolute atomic E-state index is 13.8. The highest BCUT2D eigenvalue weighted by Crippen LogP contribution is 2.64. The number of hydrogen-bond donors (Lipinski definition) is 3. The van der Waals surface area contributed by atoms with E-state index in [2.05, 4.69) is 4.98 Å². The van der Waals surface area contributed by atoms with E-state index in [0.29, 0.717) is 11.1 Å². The van der Waals surface area contributed by atoms with Gasteiger partial charge in [0.2, 0.25) is 0 Å². The summed E-state index contributed by atoms with van der Waals surface area (Å²) in [6, 6.07) is 12.1. The van der Waals surface area contributed by atoms with Crippen LogP contribution in [0.15, 0.2) is 76.5 Å². The van der Waals surface area contributed by atoms with Crippen molar-refractivity contribution in [1.29, 1.82) is 0 Å². The highest BCUT2D eigenvalue weighted by molar-refractivity contribution is 7.61. The number of ether oxygens (including phenoxy) is 3. The van der Waals surface area contributed by atoms with Crippen LogP contribution in [-0.2, 0) is 54.6 Å². The smallest absolute Gasteiger partial charge is 0.426 e. The largest absolute Gasteiger partial charge is 0.484 e. The lowest BCUT2D eigenvalue weighted by molar-refractivity contribution is -0.143. The summed E-state index contributed by atoms with van der Waals surface area (Å²) in [6.45, 7) is 10.4. The van der Waals surface area contributed by atoms with Crippen LogP contribution in [0.3, 0.4) is 0 Å². The number of esters is 2. The number of aryl methyl sites for hydroxylation is 1. The Morgan fingerprint density at radius 2 is 1.28 bits per heavy atom. The van der Waals surface area contributed by atoms with Gasteiger partial charge in [-0.3, -0.25) is 37.5 Å². The molecule has 19 heteroatoms. The maximum Gasteiger partial charge on any atom is 0.484 e. The molecule has 0 saturated carbocycles. The lowest BCUT2D eigenvalue weighted by atomic mass is 9.97. The van der Waals surface area contributed by atoms with Crippen molar-refractivity contribution in [2.75, 3.05) is 6.61 Å². The summed E-state index contributed by atoms with van der Waals surface area (Å²) in [5.41, 5.74) is -1.63. The summed E-state index contributed by atoms with van der Waals surface area (Å²) in [6.07, 6.45) is 2.38. The molecule has 0 aliphatic carbocycles. The predicted molar refractivity (Wildman–Crippen MR) is 191 cm³/mol. The van der Waals surface area contributed by atoms with Crippen LogP contribution in [0.5, 0.6) is 11.5 Å². The van der Waals surface area contributed by atoms with Gasteiger partial charge in [-0.25, -0.2) is 13.9 Å². The number of aromatic nitrogens is 2. The van der Waals surface area contributed by atoms with Crippen LogP contribution in [0.2, 0.25) is 0 Å². The van der Waals surface area contributed by atoms with E-state index in [0.717, 1.165) is 4.57 Å². The monoisotopic (exact) mass is 781 g/mol. The van der Waals surface area contributed by atoms with Gasteiger partial charge in [-0.05, 0) is 89.9 Å². The molecule has 0 saturated heterocycles. The first-order valence-corrected chi connectivity index (χ1v) is 18.9. The Morgan fingerprint density at radius 1 is 0.811 bits per heavy atom. The van der Waals surface area contributed by atoms with E-state index >= 15 is 0 Å². The molecule has 0 bridgehead atoms. The fraction of sp³-hybridized carbons (Fsp3) is 0.412. The van der Waals surface area contributed by atoms with Gasteiger partial charge in [0, 0.05) is 11.8 Å². The van der Waals surface area contributed by atoms with Crippen LogP contribution in [0.4, 0.5) is 0 Å². The molecule has 3 atom stereocenters. The quantitative estimate of drug-likeness (QED) is 0.0731. The van der Waals surface area contributed by atoms with Gasteiger partial charge in [-0.1, -0.05) is 30.3 Å². The van der Waals surface area contributed by atoms with E-state index in [9.17, 15) is 33.2 Å². The third-order valence-corrected chi connectivity index (χ3v) is 10.1. The zero-order valence-electron chi connectivity index (χ0n) is 30.4. The average Bonchev–Trinajstić information content (AvgIpc) is 3.53. The molecule has 5 N–H and O–H groups in total. The number of carbonyl (C=O) groups excluding carboxylic acids is 2. The van der Waals surface area contributed by atoms with Crippen LogP contribution in [0.25, 0.3) is 0 Å². The Kier molecular flexibility index (Phi) is 14.3. The van der Waals surface area contributed by atoms with Gasteiger partial charge in [-0.2, -0.15) is 4.31 Å². The SMILES string of the molecule is Cc1cn([C@H]2C=C[C@@H](COP(=O)(O)OP(=O)(OCc3ccc(OC(=O)C(C)(C)C)cc3)OCc3ccc(OC(=O)C(C)(C)C)cc3)O2)c(=O)[nH]c1=O.N. The van der Waals surface area contributed by atoms with Crippen molar-refractivity contribution in [2.24, 2.45) is 10.8 Å². The minimum atomic E-state index is -5.16. The van der Waals surface area contributed by atoms with Crippen LogP contribution < -0.4 is 26.9 Å². The Hall–Kier alpha value is -4.02. The van der Waals surface area contributed by atoms with E-state index in [-0.39, 0.29) is 23.2 Å². The topological polar surface area (TPSA) is 243 Å². The molecule has 3 aromatic rings. The Balaban J connectivity index is 0.00000756. The molecule has 290 valence electrons. The lowest BCUT2D eigenvalue weighted by Crippen LogP contribution is -2.33. The van der Waals surface area contributed by atoms with Crippen molar-refractivity contribution in [1.82, 2.24) is 15.7 Å². The number of rotatable bonds is 14. The van der Waals surface area contributed by atoms with Crippen molar-refractivity contribution < 1.29 is 55.7 Å². The van der Waals surface area contributed by atoms with Gasteiger partial charge in [0.1, 0.15) is 17.6 Å². The number of nitrogens with one attached hydrogen (secondary N) is 1. The molecule has 0 amide bonds. The van der Waals surface area contributed by atoms with Gasteiger partial charge >= 0.3 is 33.3 Å². The summed E-state index contributed by atoms with van der Waals surface area (Å²) in [4.78, 5) is 61.1. The van der Waals surface area contributed by atoms with E-state index in [1.54, 1.807) is 41.5 Å². The average molecular weight is 782 g/mol. The molecule has 2 heterocycles. The first-order chi connectivity index (χ1) is 24.1. The molecule has 17 nitrogen and oxygen atoms in total. The first kappa shape index (κ1) is 43.4. The first-order valence-electron chi connectivity index (χ1n) is 16.0. The minimum absolute atomic E-state index is 0. The van der Waals surface area contributed by atoms with Gasteiger partial charge in [-0.15, -0.1) is 0 Å². The number of hydrogen-bond acceptors (Lipinski definition) is 14. The maximum atomic E-state index is 13.8. The molecule has 0 fully saturated rings. The van der Waals surface area contributed by atoms with Crippen molar-refractivity contribution >= 4 is 27.6 Å². The molecule has 0 radical (unpaired) electrons. The number of H-pyrrole nitrogens is 1. The Morgan fingerprint density at radius 3 is 1.74 bits per heavy atom. The second-order valence-electron chi connectivity index (χ2n) is 13.8. The normalized spacial score (nSPS) is 17.1. The number of benzene rings is 2. The van der Waals surface area contributed by atoms with E-state index in [1.807, 2.05) is 0 Å². The molecule has 1 aromatic heterocycles. The van der Waals surface area contributed by atoms with E-state index in [1.165, 1.54) is 73.8 Å². The predicted octanol–water partition coefficient (Wildman–Crippen LogP) is 6.04. The van der Waals surface area contributed by atoms with Gasteiger partial charge in [0.05, 0.1) is 30.7 Å². The third-order valence-electron chi connectivity index (χ3n) is 7.10. The highest BCUT2D eigenvalue weighted by atomic mass is 31.3. The van der Waals surface area contributed by atoms with Gasteiger partial charge in [0.15, 0.2) is 6.23 Å². The number of phosphoric ester groups is 2. The molecule has 53 heavy (non-hydrogen) atoms. The van der Waals surface area contributed by atoms with Crippen molar-refractivity contribution in [3.05, 3.63) is 104 Å². The van der Waals surface area contributed by atoms with Gasteiger partial charge < -0.3 is 25.3 Å². The van der Waals surface area contributed by atoms with Crippen molar-refractivity contribution in [3.63, 3.8) is 0 Å².